The van der Waals surface area contributed by atoms with Crippen molar-refractivity contribution in [2.75, 3.05) is 25.1 Å². The molecular weight excluding hydrogens is 472 g/mol. The molecular formula is C29H25F2N5O. The average Bonchev–Trinajstić information content (AvgIpc) is 2.90. The topological polar surface area (TPSA) is 87.5 Å². The van der Waals surface area contributed by atoms with E-state index in [4.69, 9.17) is 10.6 Å². The second-order valence-electron chi connectivity index (χ2n) is 9.03. The highest BCUT2D eigenvalue weighted by molar-refractivity contribution is 6.03. The minimum Gasteiger partial charge on any atom is -0.399 e. The Morgan fingerprint density at radius 1 is 1.05 bits per heavy atom. The van der Waals surface area contributed by atoms with Crippen molar-refractivity contribution in [2.24, 2.45) is 10.9 Å². The zero-order valence-electron chi connectivity index (χ0n) is 20.3. The summed E-state index contributed by atoms with van der Waals surface area (Å²) in [6, 6.07) is 17.2. The Morgan fingerprint density at radius 2 is 1.81 bits per heavy atom. The minimum absolute atomic E-state index is 0.117. The number of hydrogen-bond acceptors (Lipinski definition) is 6. The number of oxime groups is 1. The van der Waals surface area contributed by atoms with E-state index >= 15 is 0 Å². The molecule has 0 amide bonds. The summed E-state index contributed by atoms with van der Waals surface area (Å²) in [6.07, 6.45) is 4.81. The van der Waals surface area contributed by atoms with E-state index in [2.05, 4.69) is 21.1 Å². The molecule has 5 rings (SSSR count). The Kier molecular flexibility index (Phi) is 6.80. The number of halogens is 2. The van der Waals surface area contributed by atoms with Gasteiger partial charge >= 0.3 is 0 Å². The van der Waals surface area contributed by atoms with Crippen LogP contribution in [-0.2, 0) is 4.84 Å². The van der Waals surface area contributed by atoms with Gasteiger partial charge in [-0.1, -0.05) is 23.4 Å². The third-order valence-electron chi connectivity index (χ3n) is 6.69. The Hall–Kier alpha value is -4.35. The molecule has 0 saturated carbocycles. The number of nitrogens with two attached hydrogens (primary N) is 1. The van der Waals surface area contributed by atoms with Crippen molar-refractivity contribution in [3.8, 4) is 28.3 Å². The van der Waals surface area contributed by atoms with Crippen LogP contribution >= 0.6 is 0 Å². The van der Waals surface area contributed by atoms with Crippen LogP contribution in [0.1, 0.15) is 24.0 Å². The Morgan fingerprint density at radius 3 is 2.51 bits per heavy atom. The number of nitrogens with zero attached hydrogens (tertiary/aromatic N) is 4. The quantitative estimate of drug-likeness (QED) is 0.285. The fourth-order valence-electron chi connectivity index (χ4n) is 4.89. The van der Waals surface area contributed by atoms with Gasteiger partial charge < -0.3 is 15.5 Å². The number of piperidine rings is 1. The largest absolute Gasteiger partial charge is 0.399 e. The number of pyridine rings is 1. The standard InChI is InChI=1S/C29H25F2N5O/c1-37-35-17-26-19(15-32)3-2-4-24(26)18-5-6-28-25(13-18)29(36-9-7-23(33)8-10-36)27(16-34-28)20-11-21(30)14-22(31)12-20/h2-6,11-14,16-17,23H,7-10,33H2,1H3/b35-17+. The van der Waals surface area contributed by atoms with Gasteiger partial charge in [0.05, 0.1) is 29.1 Å². The number of hydrogen-bond donors (Lipinski definition) is 1. The van der Waals surface area contributed by atoms with Gasteiger partial charge in [0.2, 0.25) is 0 Å². The molecule has 3 aromatic carbocycles. The fourth-order valence-corrected chi connectivity index (χ4v) is 4.89. The normalized spacial score (nSPS) is 14.3. The smallest absolute Gasteiger partial charge is 0.126 e. The summed E-state index contributed by atoms with van der Waals surface area (Å²) in [7, 11) is 1.44. The van der Waals surface area contributed by atoms with Crippen LogP contribution in [0.4, 0.5) is 14.5 Å². The summed E-state index contributed by atoms with van der Waals surface area (Å²) in [4.78, 5) is 11.7. The minimum atomic E-state index is -0.647. The molecule has 0 aliphatic carbocycles. The SMILES string of the molecule is CO/N=C/c1c(C#N)cccc1-c1ccc2ncc(-c3cc(F)cc(F)c3)c(N3CCC(N)CC3)c2c1. The molecule has 0 atom stereocenters. The van der Waals surface area contributed by atoms with Gasteiger partial charge in [-0.2, -0.15) is 5.26 Å². The first-order valence-electron chi connectivity index (χ1n) is 12.0. The van der Waals surface area contributed by atoms with Crippen molar-refractivity contribution in [3.05, 3.63) is 83.6 Å². The van der Waals surface area contributed by atoms with E-state index < -0.39 is 11.6 Å². The second kappa shape index (κ2) is 10.3. The molecule has 0 radical (unpaired) electrons. The van der Waals surface area contributed by atoms with Crippen LogP contribution < -0.4 is 10.6 Å². The van der Waals surface area contributed by atoms with Gasteiger partial charge in [-0.3, -0.25) is 4.98 Å². The van der Waals surface area contributed by atoms with Crippen LogP contribution in [0.25, 0.3) is 33.2 Å². The molecule has 6 nitrogen and oxygen atoms in total. The molecule has 1 aromatic heterocycles. The maximum absolute atomic E-state index is 14.2. The number of fused-ring (bicyclic) bond motifs is 1. The van der Waals surface area contributed by atoms with Crippen molar-refractivity contribution >= 4 is 22.8 Å². The van der Waals surface area contributed by atoms with E-state index in [1.165, 1.54) is 25.5 Å². The van der Waals surface area contributed by atoms with Gasteiger partial charge in [-0.05, 0) is 59.9 Å². The van der Waals surface area contributed by atoms with Gasteiger partial charge in [-0.25, -0.2) is 8.78 Å². The third kappa shape index (κ3) is 4.86. The van der Waals surface area contributed by atoms with Gasteiger partial charge in [0.25, 0.3) is 0 Å². The van der Waals surface area contributed by atoms with Gasteiger partial charge in [0, 0.05) is 47.9 Å². The van der Waals surface area contributed by atoms with Crippen LogP contribution in [0, 0.1) is 23.0 Å². The lowest BCUT2D eigenvalue weighted by Crippen LogP contribution is -2.40. The van der Waals surface area contributed by atoms with Crippen LogP contribution in [-0.4, -0.2) is 37.4 Å². The number of rotatable bonds is 5. The Labute approximate surface area is 213 Å². The van der Waals surface area contributed by atoms with Crippen molar-refractivity contribution in [2.45, 2.75) is 18.9 Å². The monoisotopic (exact) mass is 497 g/mol. The number of anilines is 1. The van der Waals surface area contributed by atoms with Crippen LogP contribution in [0.5, 0.6) is 0 Å². The summed E-state index contributed by atoms with van der Waals surface area (Å²) >= 11 is 0. The molecule has 4 aromatic rings. The molecule has 186 valence electrons. The molecule has 8 heteroatoms. The molecule has 1 fully saturated rings. The Bertz CT molecular complexity index is 1520. The lowest BCUT2D eigenvalue weighted by Gasteiger charge is -2.34. The van der Waals surface area contributed by atoms with Crippen molar-refractivity contribution < 1.29 is 13.6 Å². The highest BCUT2D eigenvalue weighted by Crippen LogP contribution is 2.40. The molecule has 1 saturated heterocycles. The van der Waals surface area contributed by atoms with Crippen molar-refractivity contribution in [3.63, 3.8) is 0 Å². The predicted molar refractivity (Wildman–Crippen MR) is 141 cm³/mol. The lowest BCUT2D eigenvalue weighted by atomic mass is 9.93. The van der Waals surface area contributed by atoms with Crippen LogP contribution in [0.15, 0.2) is 65.9 Å². The maximum atomic E-state index is 14.2. The molecule has 37 heavy (non-hydrogen) atoms. The molecule has 1 aliphatic rings. The first-order chi connectivity index (χ1) is 18.0. The van der Waals surface area contributed by atoms with Gasteiger partial charge in [0.1, 0.15) is 18.7 Å². The number of nitriles is 1. The molecule has 1 aliphatic heterocycles. The maximum Gasteiger partial charge on any atom is 0.126 e. The molecule has 2 heterocycles. The van der Waals surface area contributed by atoms with Crippen LogP contribution in [0.3, 0.4) is 0 Å². The molecule has 0 unspecified atom stereocenters. The van der Waals surface area contributed by atoms with E-state index in [1.807, 2.05) is 30.3 Å². The summed E-state index contributed by atoms with van der Waals surface area (Å²) in [5, 5.41) is 14.4. The van der Waals surface area contributed by atoms with E-state index in [0.29, 0.717) is 35.3 Å². The zero-order chi connectivity index (χ0) is 25.9. The summed E-state index contributed by atoms with van der Waals surface area (Å²) in [6.45, 7) is 1.43. The number of aromatic nitrogens is 1. The number of benzene rings is 3. The van der Waals surface area contributed by atoms with E-state index in [1.54, 1.807) is 12.3 Å². The fraction of sp³-hybridized carbons (Fsp3) is 0.207. The van der Waals surface area contributed by atoms with Gasteiger partial charge in [-0.15, -0.1) is 0 Å². The van der Waals surface area contributed by atoms with E-state index in [9.17, 15) is 14.0 Å². The first kappa shape index (κ1) is 24.3. The molecule has 2 N–H and O–H groups in total. The van der Waals surface area contributed by atoms with Gasteiger partial charge in [0.15, 0.2) is 0 Å². The predicted octanol–water partition coefficient (Wildman–Crippen LogP) is 5.63. The molecule has 0 spiro atoms. The molecule has 0 bridgehead atoms. The van der Waals surface area contributed by atoms with E-state index in [-0.39, 0.29) is 6.04 Å². The summed E-state index contributed by atoms with van der Waals surface area (Å²) in [5.41, 5.74) is 11.6. The Balaban J connectivity index is 1.76. The summed E-state index contributed by atoms with van der Waals surface area (Å²) < 4.78 is 28.4. The summed E-state index contributed by atoms with van der Waals surface area (Å²) in [5.74, 6) is -1.29. The average molecular weight is 498 g/mol. The van der Waals surface area contributed by atoms with Crippen molar-refractivity contribution in [1.29, 1.82) is 5.26 Å². The third-order valence-corrected chi connectivity index (χ3v) is 6.69. The van der Waals surface area contributed by atoms with E-state index in [0.717, 1.165) is 46.6 Å². The highest BCUT2D eigenvalue weighted by Gasteiger charge is 2.23. The second-order valence-corrected chi connectivity index (χ2v) is 9.03. The highest BCUT2D eigenvalue weighted by atomic mass is 19.1. The van der Waals surface area contributed by atoms with Crippen LogP contribution in [0.2, 0.25) is 0 Å². The van der Waals surface area contributed by atoms with Crippen molar-refractivity contribution in [1.82, 2.24) is 4.98 Å². The first-order valence-corrected chi connectivity index (χ1v) is 12.0. The lowest BCUT2D eigenvalue weighted by molar-refractivity contribution is 0.215. The zero-order valence-corrected chi connectivity index (χ0v) is 20.3.